The summed E-state index contributed by atoms with van der Waals surface area (Å²) in [5.41, 5.74) is 0.567. The Morgan fingerprint density at radius 2 is 1.85 bits per heavy atom. The maximum atomic E-state index is 13.1. The molecule has 1 saturated heterocycles. The van der Waals surface area contributed by atoms with Crippen molar-refractivity contribution in [3.05, 3.63) is 18.2 Å². The number of amides is 3. The summed E-state index contributed by atoms with van der Waals surface area (Å²) >= 11 is 1.51. The van der Waals surface area contributed by atoms with Crippen molar-refractivity contribution in [1.82, 2.24) is 31.2 Å². The van der Waals surface area contributed by atoms with Gasteiger partial charge < -0.3 is 31.4 Å². The molecule has 1 aliphatic heterocycles. The molecule has 4 unspecified atom stereocenters. The van der Waals surface area contributed by atoms with Crippen LogP contribution in [0.3, 0.4) is 0 Å². The molecule has 190 valence electrons. The van der Waals surface area contributed by atoms with Gasteiger partial charge in [-0.15, -0.1) is 0 Å². The lowest BCUT2D eigenvalue weighted by Crippen LogP contribution is -2.57. The Morgan fingerprint density at radius 3 is 2.41 bits per heavy atom. The summed E-state index contributed by atoms with van der Waals surface area (Å²) in [5.74, 6) is -1.73. The van der Waals surface area contributed by atoms with E-state index >= 15 is 0 Å². The molecule has 0 radical (unpaired) electrons. The van der Waals surface area contributed by atoms with Crippen LogP contribution in [0.2, 0.25) is 0 Å². The molecule has 1 fully saturated rings. The van der Waals surface area contributed by atoms with Crippen LogP contribution in [0, 0.1) is 5.92 Å². The first-order valence-electron chi connectivity index (χ1n) is 11.5. The Balaban J connectivity index is 2.07. The van der Waals surface area contributed by atoms with E-state index in [2.05, 4.69) is 31.2 Å². The number of nitrogens with one attached hydrogen (secondary N) is 5. The van der Waals surface area contributed by atoms with Crippen molar-refractivity contribution in [2.75, 3.05) is 18.6 Å². The molecule has 2 rings (SSSR count). The lowest BCUT2D eigenvalue weighted by molar-refractivity contribution is -0.142. The number of carbonyl (C=O) groups excluding carboxylic acids is 3. The van der Waals surface area contributed by atoms with E-state index in [9.17, 15) is 24.3 Å². The molecule has 0 aliphatic carbocycles. The Morgan fingerprint density at radius 1 is 1.15 bits per heavy atom. The van der Waals surface area contributed by atoms with Gasteiger partial charge in [0.1, 0.15) is 18.1 Å². The van der Waals surface area contributed by atoms with Gasteiger partial charge in [-0.2, -0.15) is 11.8 Å². The minimum atomic E-state index is -1.19. The fourth-order valence-electron chi connectivity index (χ4n) is 3.75. The van der Waals surface area contributed by atoms with Crippen molar-refractivity contribution < 1.29 is 24.3 Å². The molecular weight excluding hydrogens is 460 g/mol. The molecule has 0 aromatic carbocycles. The average Bonchev–Trinajstić information content (AvgIpc) is 3.49. The molecule has 0 bridgehead atoms. The van der Waals surface area contributed by atoms with Gasteiger partial charge in [-0.1, -0.05) is 13.8 Å². The zero-order valence-electron chi connectivity index (χ0n) is 19.9. The second kappa shape index (κ2) is 14.0. The molecule has 4 atom stereocenters. The van der Waals surface area contributed by atoms with Gasteiger partial charge in [0.15, 0.2) is 0 Å². The first-order valence-corrected chi connectivity index (χ1v) is 12.9. The molecule has 2 heterocycles. The number of imidazole rings is 1. The highest BCUT2D eigenvalue weighted by Gasteiger charge is 2.31. The first-order chi connectivity index (χ1) is 16.2. The molecule has 1 aromatic heterocycles. The molecule has 11 nitrogen and oxygen atoms in total. The number of hydrogen-bond acceptors (Lipinski definition) is 7. The number of H-pyrrole nitrogens is 1. The number of thioether (sulfide) groups is 1. The summed E-state index contributed by atoms with van der Waals surface area (Å²) in [7, 11) is 0. The molecule has 0 spiro atoms. The standard InChI is InChI=1S/C22H36N6O5S/c1-13(2)9-17(27-19(29)15-5-4-7-24-15)21(31)26-16(6-8-34-3)20(30)28-18(22(32)33)10-14-11-23-12-25-14/h11-13,15-18,24H,4-10H2,1-3H3,(H,23,25)(H,26,31)(H,27,29)(H,28,30)(H,32,33). The lowest BCUT2D eigenvalue weighted by atomic mass is 10.0. The summed E-state index contributed by atoms with van der Waals surface area (Å²) in [6.07, 6.45) is 7.19. The fraction of sp³-hybridized carbons (Fsp3) is 0.682. The lowest BCUT2D eigenvalue weighted by Gasteiger charge is -2.26. The molecule has 34 heavy (non-hydrogen) atoms. The average molecular weight is 497 g/mol. The van der Waals surface area contributed by atoms with Crippen LogP contribution in [0.25, 0.3) is 0 Å². The number of carbonyl (C=O) groups is 4. The Labute approximate surface area is 204 Å². The third-order valence-electron chi connectivity index (χ3n) is 5.55. The van der Waals surface area contributed by atoms with E-state index in [1.807, 2.05) is 20.1 Å². The second-order valence-electron chi connectivity index (χ2n) is 8.86. The molecule has 12 heteroatoms. The fourth-order valence-corrected chi connectivity index (χ4v) is 4.22. The van der Waals surface area contributed by atoms with Gasteiger partial charge in [0.05, 0.1) is 12.4 Å². The summed E-state index contributed by atoms with van der Waals surface area (Å²) < 4.78 is 0. The summed E-state index contributed by atoms with van der Waals surface area (Å²) in [4.78, 5) is 57.1. The highest BCUT2D eigenvalue weighted by molar-refractivity contribution is 7.98. The van der Waals surface area contributed by atoms with Crippen molar-refractivity contribution in [2.24, 2.45) is 5.92 Å². The number of hydrogen-bond donors (Lipinski definition) is 6. The second-order valence-corrected chi connectivity index (χ2v) is 9.85. The van der Waals surface area contributed by atoms with E-state index in [4.69, 9.17) is 0 Å². The van der Waals surface area contributed by atoms with Crippen molar-refractivity contribution in [1.29, 1.82) is 0 Å². The summed E-state index contributed by atoms with van der Waals surface area (Å²) in [6.45, 7) is 4.66. The normalized spacial score (nSPS) is 18.2. The van der Waals surface area contributed by atoms with E-state index < -0.39 is 35.9 Å². The van der Waals surface area contributed by atoms with E-state index in [0.717, 1.165) is 13.0 Å². The van der Waals surface area contributed by atoms with Crippen LogP contribution < -0.4 is 21.3 Å². The van der Waals surface area contributed by atoms with Crippen molar-refractivity contribution in [3.63, 3.8) is 0 Å². The van der Waals surface area contributed by atoms with Crippen LogP contribution in [0.15, 0.2) is 12.5 Å². The molecule has 1 aliphatic rings. The van der Waals surface area contributed by atoms with Gasteiger partial charge in [-0.3, -0.25) is 14.4 Å². The van der Waals surface area contributed by atoms with E-state index in [1.54, 1.807) is 0 Å². The van der Waals surface area contributed by atoms with Crippen molar-refractivity contribution >= 4 is 35.5 Å². The number of carboxylic acids is 1. The van der Waals surface area contributed by atoms with Crippen molar-refractivity contribution in [3.8, 4) is 0 Å². The highest BCUT2D eigenvalue weighted by atomic mass is 32.2. The smallest absolute Gasteiger partial charge is 0.326 e. The third-order valence-corrected chi connectivity index (χ3v) is 6.20. The van der Waals surface area contributed by atoms with E-state index in [-0.39, 0.29) is 24.3 Å². The summed E-state index contributed by atoms with van der Waals surface area (Å²) in [6, 6.07) is -3.22. The third kappa shape index (κ3) is 8.98. The van der Waals surface area contributed by atoms with Crippen LogP contribution in [0.1, 0.15) is 45.2 Å². The quantitative estimate of drug-likeness (QED) is 0.210. The largest absolute Gasteiger partial charge is 0.480 e. The first kappa shape index (κ1) is 27.6. The number of nitrogens with zero attached hydrogens (tertiary/aromatic N) is 1. The topological polar surface area (TPSA) is 165 Å². The van der Waals surface area contributed by atoms with Crippen LogP contribution in [0.4, 0.5) is 0 Å². The Bertz CT molecular complexity index is 813. The molecule has 3 amide bonds. The maximum absolute atomic E-state index is 13.1. The number of rotatable bonds is 14. The molecule has 1 aromatic rings. The predicted octanol–water partition coefficient (Wildman–Crippen LogP) is 0.0424. The number of aliphatic carboxylic acids is 1. The van der Waals surface area contributed by atoms with E-state index in [1.165, 1.54) is 24.3 Å². The Hall–Kier alpha value is -2.60. The van der Waals surface area contributed by atoms with Crippen LogP contribution in [0.5, 0.6) is 0 Å². The van der Waals surface area contributed by atoms with Gasteiger partial charge in [0.25, 0.3) is 0 Å². The van der Waals surface area contributed by atoms with Crippen LogP contribution in [-0.4, -0.2) is 81.5 Å². The minimum absolute atomic E-state index is 0.0324. The summed E-state index contributed by atoms with van der Waals surface area (Å²) in [5, 5.41) is 20.8. The highest BCUT2D eigenvalue weighted by Crippen LogP contribution is 2.10. The zero-order valence-corrected chi connectivity index (χ0v) is 20.7. The molecule has 6 N–H and O–H groups in total. The van der Waals surface area contributed by atoms with Crippen LogP contribution in [-0.2, 0) is 25.6 Å². The monoisotopic (exact) mass is 496 g/mol. The predicted molar refractivity (Wildman–Crippen MR) is 129 cm³/mol. The van der Waals surface area contributed by atoms with Crippen LogP contribution >= 0.6 is 11.8 Å². The number of aromatic amines is 1. The van der Waals surface area contributed by atoms with Gasteiger partial charge in [0.2, 0.25) is 17.7 Å². The SMILES string of the molecule is CSCCC(NC(=O)C(CC(C)C)NC(=O)C1CCCN1)C(=O)NC(Cc1cnc[nH]1)C(=O)O. The van der Waals surface area contributed by atoms with Gasteiger partial charge in [-0.05, 0) is 50.2 Å². The Kier molecular flexibility index (Phi) is 11.3. The minimum Gasteiger partial charge on any atom is -0.480 e. The number of carboxylic acid groups (broad SMARTS) is 1. The number of aromatic nitrogens is 2. The van der Waals surface area contributed by atoms with Gasteiger partial charge in [0, 0.05) is 18.3 Å². The maximum Gasteiger partial charge on any atom is 0.326 e. The van der Waals surface area contributed by atoms with Crippen molar-refractivity contribution in [2.45, 2.75) is 70.1 Å². The zero-order chi connectivity index (χ0) is 25.1. The van der Waals surface area contributed by atoms with Gasteiger partial charge in [-0.25, -0.2) is 9.78 Å². The molecular formula is C22H36N6O5S. The van der Waals surface area contributed by atoms with Gasteiger partial charge >= 0.3 is 5.97 Å². The molecule has 0 saturated carbocycles. The van der Waals surface area contributed by atoms with E-state index in [0.29, 0.717) is 30.7 Å².